The summed E-state index contributed by atoms with van der Waals surface area (Å²) in [6, 6.07) is 4.30. The number of carboxylic acid groups (broad SMARTS) is 1. The number of carbonyl (C=O) groups is 2. The van der Waals surface area contributed by atoms with Crippen LogP contribution in [0, 0.1) is 11.8 Å². The summed E-state index contributed by atoms with van der Waals surface area (Å²) in [5, 5.41) is 11.7. The molecule has 0 heterocycles. The number of halogens is 1. The first-order valence-corrected chi connectivity index (χ1v) is 6.55. The highest BCUT2D eigenvalue weighted by Gasteiger charge is 2.15. The summed E-state index contributed by atoms with van der Waals surface area (Å²) in [7, 11) is 0. The predicted molar refractivity (Wildman–Crippen MR) is 79.5 cm³/mol. The lowest BCUT2D eigenvalue weighted by Crippen LogP contribution is -2.32. The van der Waals surface area contributed by atoms with Crippen LogP contribution in [0.15, 0.2) is 18.2 Å². The molecule has 0 aliphatic rings. The van der Waals surface area contributed by atoms with Gasteiger partial charge in [0.05, 0.1) is 12.1 Å². The Balaban J connectivity index is 2.63. The third-order valence-electron chi connectivity index (χ3n) is 2.10. The molecule has 0 aliphatic carbocycles. The number of hydrogen-bond donors (Lipinski definition) is 2. The number of carbonyl (C=O) groups excluding carboxylic acids is 1. The normalized spacial score (nSPS) is 10.3. The van der Waals surface area contributed by atoms with Gasteiger partial charge in [-0.25, -0.2) is 9.59 Å². The minimum Gasteiger partial charge on any atom is -0.478 e. The van der Waals surface area contributed by atoms with Gasteiger partial charge in [-0.05, 0) is 39.0 Å². The molecule has 0 bridgehead atoms. The van der Waals surface area contributed by atoms with Gasteiger partial charge < -0.3 is 15.2 Å². The summed E-state index contributed by atoms with van der Waals surface area (Å²) in [5.74, 6) is 4.35. The Kier molecular flexibility index (Phi) is 5.62. The molecule has 112 valence electrons. The van der Waals surface area contributed by atoms with E-state index in [0.29, 0.717) is 10.6 Å². The van der Waals surface area contributed by atoms with E-state index in [-0.39, 0.29) is 12.1 Å². The molecule has 0 aromatic heterocycles. The lowest BCUT2D eigenvalue weighted by atomic mass is 10.1. The van der Waals surface area contributed by atoms with Gasteiger partial charge in [-0.15, -0.1) is 0 Å². The number of carboxylic acids is 1. The van der Waals surface area contributed by atoms with E-state index in [2.05, 4.69) is 17.2 Å². The topological polar surface area (TPSA) is 75.6 Å². The van der Waals surface area contributed by atoms with Crippen molar-refractivity contribution in [2.24, 2.45) is 0 Å². The molecule has 0 spiro atoms. The van der Waals surface area contributed by atoms with Crippen LogP contribution in [0.2, 0.25) is 5.02 Å². The second kappa shape index (κ2) is 7.00. The standard InChI is InChI=1S/C15H16ClNO4/c1-15(2,3)21-14(20)17-6-4-5-10-7-11(13(18)19)9-12(16)8-10/h7-9H,6H2,1-3H3,(H,17,20)(H,18,19). The average molecular weight is 310 g/mol. The fourth-order valence-electron chi connectivity index (χ4n) is 1.36. The van der Waals surface area contributed by atoms with Crippen molar-refractivity contribution < 1.29 is 19.4 Å². The largest absolute Gasteiger partial charge is 0.478 e. The van der Waals surface area contributed by atoms with Crippen LogP contribution in [0.3, 0.4) is 0 Å². The van der Waals surface area contributed by atoms with Gasteiger partial charge in [-0.3, -0.25) is 0 Å². The van der Waals surface area contributed by atoms with E-state index in [1.807, 2.05) is 0 Å². The smallest absolute Gasteiger partial charge is 0.408 e. The van der Waals surface area contributed by atoms with Crippen molar-refractivity contribution in [1.82, 2.24) is 5.32 Å². The number of ether oxygens (including phenoxy) is 1. The van der Waals surface area contributed by atoms with Gasteiger partial charge >= 0.3 is 12.1 Å². The number of benzene rings is 1. The first-order chi connectivity index (χ1) is 9.67. The Bertz CT molecular complexity index is 608. The minimum atomic E-state index is -1.08. The molecule has 5 nitrogen and oxygen atoms in total. The molecule has 21 heavy (non-hydrogen) atoms. The van der Waals surface area contributed by atoms with E-state index in [1.54, 1.807) is 26.8 Å². The zero-order chi connectivity index (χ0) is 16.0. The van der Waals surface area contributed by atoms with Crippen molar-refractivity contribution in [2.45, 2.75) is 26.4 Å². The summed E-state index contributed by atoms with van der Waals surface area (Å²) in [4.78, 5) is 22.2. The maximum absolute atomic E-state index is 11.4. The van der Waals surface area contributed by atoms with Crippen LogP contribution in [-0.4, -0.2) is 29.3 Å². The molecule has 2 N–H and O–H groups in total. The van der Waals surface area contributed by atoms with Crippen molar-refractivity contribution in [3.8, 4) is 11.8 Å². The van der Waals surface area contributed by atoms with Gasteiger partial charge in [0.1, 0.15) is 5.60 Å². The maximum atomic E-state index is 11.4. The summed E-state index contributed by atoms with van der Waals surface area (Å²) in [6.07, 6.45) is -0.561. The fraction of sp³-hybridized carbons (Fsp3) is 0.333. The second-order valence-electron chi connectivity index (χ2n) is 5.19. The van der Waals surface area contributed by atoms with E-state index in [9.17, 15) is 9.59 Å². The molecule has 0 fully saturated rings. The zero-order valence-corrected chi connectivity index (χ0v) is 12.7. The summed E-state index contributed by atoms with van der Waals surface area (Å²) >= 11 is 5.81. The quantitative estimate of drug-likeness (QED) is 0.824. The molecule has 0 radical (unpaired) electrons. The molecule has 0 unspecified atom stereocenters. The Morgan fingerprint density at radius 2 is 2.00 bits per heavy atom. The summed E-state index contributed by atoms with van der Waals surface area (Å²) in [5.41, 5.74) is -0.0429. The Labute approximate surface area is 128 Å². The van der Waals surface area contributed by atoms with Gasteiger partial charge in [0.15, 0.2) is 0 Å². The van der Waals surface area contributed by atoms with Crippen LogP contribution in [0.25, 0.3) is 0 Å². The van der Waals surface area contributed by atoms with Gasteiger partial charge in [0, 0.05) is 10.6 Å². The molecular formula is C15H16ClNO4. The van der Waals surface area contributed by atoms with Crippen LogP contribution in [0.5, 0.6) is 0 Å². The number of aromatic carboxylic acids is 1. The van der Waals surface area contributed by atoms with E-state index in [4.69, 9.17) is 21.4 Å². The highest BCUT2D eigenvalue weighted by atomic mass is 35.5. The lowest BCUT2D eigenvalue weighted by Gasteiger charge is -2.18. The van der Waals surface area contributed by atoms with Crippen LogP contribution in [0.1, 0.15) is 36.7 Å². The van der Waals surface area contributed by atoms with Crippen LogP contribution < -0.4 is 5.32 Å². The Hall–Kier alpha value is -2.19. The zero-order valence-electron chi connectivity index (χ0n) is 12.0. The van der Waals surface area contributed by atoms with Gasteiger partial charge in [0.2, 0.25) is 0 Å². The molecule has 0 saturated heterocycles. The van der Waals surface area contributed by atoms with Crippen molar-refractivity contribution >= 4 is 23.7 Å². The monoisotopic (exact) mass is 309 g/mol. The van der Waals surface area contributed by atoms with Crippen LogP contribution in [0.4, 0.5) is 4.79 Å². The first-order valence-electron chi connectivity index (χ1n) is 6.17. The maximum Gasteiger partial charge on any atom is 0.408 e. The highest BCUT2D eigenvalue weighted by molar-refractivity contribution is 6.31. The van der Waals surface area contributed by atoms with Gasteiger partial charge in [-0.2, -0.15) is 0 Å². The second-order valence-corrected chi connectivity index (χ2v) is 5.63. The third-order valence-corrected chi connectivity index (χ3v) is 2.32. The number of rotatable bonds is 2. The molecule has 6 heteroatoms. The van der Waals surface area contributed by atoms with Crippen molar-refractivity contribution in [1.29, 1.82) is 0 Å². The highest BCUT2D eigenvalue weighted by Crippen LogP contribution is 2.14. The number of alkyl carbamates (subject to hydrolysis) is 1. The van der Waals surface area contributed by atoms with E-state index in [1.165, 1.54) is 12.1 Å². The molecule has 0 saturated carbocycles. The molecule has 0 atom stereocenters. The van der Waals surface area contributed by atoms with Crippen LogP contribution >= 0.6 is 11.6 Å². The van der Waals surface area contributed by atoms with Crippen LogP contribution in [-0.2, 0) is 4.74 Å². The SMILES string of the molecule is CC(C)(C)OC(=O)NCC#Cc1cc(Cl)cc(C(=O)O)c1. The Morgan fingerprint density at radius 1 is 1.33 bits per heavy atom. The molecule has 0 aliphatic heterocycles. The average Bonchev–Trinajstić information content (AvgIpc) is 2.31. The third kappa shape index (κ3) is 6.68. The molecule has 1 aromatic carbocycles. The van der Waals surface area contributed by atoms with Crippen molar-refractivity contribution in [3.63, 3.8) is 0 Å². The number of nitrogens with one attached hydrogen (secondary N) is 1. The van der Waals surface area contributed by atoms with E-state index in [0.717, 1.165) is 0 Å². The molecule has 1 amide bonds. The Morgan fingerprint density at radius 3 is 2.57 bits per heavy atom. The van der Waals surface area contributed by atoms with E-state index < -0.39 is 17.7 Å². The summed E-state index contributed by atoms with van der Waals surface area (Å²) < 4.78 is 5.04. The summed E-state index contributed by atoms with van der Waals surface area (Å²) in [6.45, 7) is 5.37. The van der Waals surface area contributed by atoms with Gasteiger partial charge in [-0.1, -0.05) is 23.4 Å². The number of hydrogen-bond acceptors (Lipinski definition) is 3. The first kappa shape index (κ1) is 16.9. The molecular weight excluding hydrogens is 294 g/mol. The van der Waals surface area contributed by atoms with Crippen molar-refractivity contribution in [2.75, 3.05) is 6.54 Å². The van der Waals surface area contributed by atoms with Gasteiger partial charge in [0.25, 0.3) is 0 Å². The lowest BCUT2D eigenvalue weighted by molar-refractivity contribution is 0.0534. The fourth-order valence-corrected chi connectivity index (χ4v) is 1.60. The van der Waals surface area contributed by atoms with Crippen molar-refractivity contribution in [3.05, 3.63) is 34.3 Å². The van der Waals surface area contributed by atoms with E-state index >= 15 is 0 Å². The molecule has 1 rings (SSSR count). The molecule has 1 aromatic rings. The predicted octanol–water partition coefficient (Wildman–Crippen LogP) is 2.91. The minimum absolute atomic E-state index is 0.0619. The number of amides is 1.